The number of ether oxygens (including phenoxy) is 3. The average Bonchev–Trinajstić information content (AvgIpc) is 2.84. The predicted octanol–water partition coefficient (Wildman–Crippen LogP) is 4.96. The van der Waals surface area contributed by atoms with Gasteiger partial charge in [0.2, 0.25) is 5.91 Å². The largest absolute Gasteiger partial charge is 0.492 e. The van der Waals surface area contributed by atoms with Gasteiger partial charge in [0, 0.05) is 38.8 Å². The summed E-state index contributed by atoms with van der Waals surface area (Å²) in [6.45, 7) is 4.02. The molecule has 1 N–H and O–H groups in total. The van der Waals surface area contributed by atoms with Crippen molar-refractivity contribution in [3.05, 3.63) is 58.1 Å². The molecular formula is C25H32Cl2N2O4. The smallest absolute Gasteiger partial charge is 0.220 e. The Bertz CT molecular complexity index is 890. The first kappa shape index (κ1) is 25.6. The lowest BCUT2D eigenvalue weighted by Gasteiger charge is -2.31. The summed E-state index contributed by atoms with van der Waals surface area (Å²) < 4.78 is 17.0. The number of nitrogens with zero attached hydrogens (tertiary/aromatic N) is 1. The third kappa shape index (κ3) is 8.70. The first-order chi connectivity index (χ1) is 16.0. The molecule has 180 valence electrons. The van der Waals surface area contributed by atoms with Crippen molar-refractivity contribution in [3.8, 4) is 11.5 Å². The molecule has 0 atom stereocenters. The van der Waals surface area contributed by atoms with Gasteiger partial charge < -0.3 is 19.5 Å². The van der Waals surface area contributed by atoms with Crippen molar-refractivity contribution in [2.75, 3.05) is 40.0 Å². The van der Waals surface area contributed by atoms with Gasteiger partial charge in [0.05, 0.1) is 11.6 Å². The Hall–Kier alpha value is -1.99. The van der Waals surface area contributed by atoms with Gasteiger partial charge in [0.15, 0.2) is 0 Å². The van der Waals surface area contributed by atoms with Gasteiger partial charge in [-0.3, -0.25) is 9.69 Å². The molecule has 33 heavy (non-hydrogen) atoms. The quantitative estimate of drug-likeness (QED) is 0.422. The van der Waals surface area contributed by atoms with Crippen molar-refractivity contribution in [1.82, 2.24) is 10.2 Å². The van der Waals surface area contributed by atoms with Gasteiger partial charge in [-0.2, -0.15) is 0 Å². The number of benzene rings is 2. The number of carbonyl (C=O) groups excluding carboxylic acids is 1. The van der Waals surface area contributed by atoms with E-state index in [0.29, 0.717) is 54.4 Å². The lowest BCUT2D eigenvalue weighted by Crippen LogP contribution is -2.38. The SMILES string of the molecule is CN(CCOc1cccc(CNC(=O)CCCOc2cccc(Cl)c2Cl)c1)C1CCOCC1. The number of amides is 1. The number of hydrogen-bond acceptors (Lipinski definition) is 5. The topological polar surface area (TPSA) is 60.0 Å². The molecule has 0 bridgehead atoms. The molecule has 2 aromatic carbocycles. The summed E-state index contributed by atoms with van der Waals surface area (Å²) in [7, 11) is 2.14. The first-order valence-corrected chi connectivity index (χ1v) is 12.1. The number of carbonyl (C=O) groups is 1. The maximum Gasteiger partial charge on any atom is 0.220 e. The Morgan fingerprint density at radius 3 is 2.73 bits per heavy atom. The lowest BCUT2D eigenvalue weighted by molar-refractivity contribution is -0.121. The predicted molar refractivity (Wildman–Crippen MR) is 131 cm³/mol. The summed E-state index contributed by atoms with van der Waals surface area (Å²) in [5.74, 6) is 1.31. The molecule has 1 aliphatic heterocycles. The highest BCUT2D eigenvalue weighted by atomic mass is 35.5. The molecule has 8 heteroatoms. The molecule has 3 rings (SSSR count). The highest BCUT2D eigenvalue weighted by Crippen LogP contribution is 2.31. The van der Waals surface area contributed by atoms with Crippen LogP contribution in [-0.2, 0) is 16.1 Å². The number of hydrogen-bond donors (Lipinski definition) is 1. The molecule has 0 radical (unpaired) electrons. The van der Waals surface area contributed by atoms with E-state index in [9.17, 15) is 4.79 Å². The molecule has 0 aromatic heterocycles. The zero-order valence-corrected chi connectivity index (χ0v) is 20.5. The minimum Gasteiger partial charge on any atom is -0.492 e. The van der Waals surface area contributed by atoms with E-state index in [0.717, 1.165) is 43.9 Å². The van der Waals surface area contributed by atoms with E-state index in [4.69, 9.17) is 37.4 Å². The monoisotopic (exact) mass is 494 g/mol. The van der Waals surface area contributed by atoms with Crippen LogP contribution in [0.2, 0.25) is 10.0 Å². The normalized spacial score (nSPS) is 14.3. The van der Waals surface area contributed by atoms with E-state index in [2.05, 4.69) is 17.3 Å². The minimum atomic E-state index is -0.0276. The van der Waals surface area contributed by atoms with Crippen LogP contribution in [0.1, 0.15) is 31.2 Å². The summed E-state index contributed by atoms with van der Waals surface area (Å²) in [5, 5.41) is 3.78. The second-order valence-corrected chi connectivity index (χ2v) is 8.89. The van der Waals surface area contributed by atoms with Crippen molar-refractivity contribution in [1.29, 1.82) is 0 Å². The van der Waals surface area contributed by atoms with Gasteiger partial charge in [-0.1, -0.05) is 41.4 Å². The van der Waals surface area contributed by atoms with Crippen LogP contribution in [0.4, 0.5) is 0 Å². The van der Waals surface area contributed by atoms with Gasteiger partial charge in [-0.05, 0) is 56.1 Å². The number of nitrogens with one attached hydrogen (secondary N) is 1. The van der Waals surface area contributed by atoms with Gasteiger partial charge >= 0.3 is 0 Å². The zero-order valence-electron chi connectivity index (χ0n) is 19.0. The molecule has 1 fully saturated rings. The summed E-state index contributed by atoms with van der Waals surface area (Å²) in [5.41, 5.74) is 1.00. The molecule has 6 nitrogen and oxygen atoms in total. The third-order valence-corrected chi connectivity index (χ3v) is 6.44. The Labute approximate surface area is 206 Å². The highest BCUT2D eigenvalue weighted by Gasteiger charge is 2.18. The van der Waals surface area contributed by atoms with Crippen LogP contribution in [0, 0.1) is 0 Å². The molecule has 1 heterocycles. The molecule has 0 aliphatic carbocycles. The fourth-order valence-corrected chi connectivity index (χ4v) is 4.01. The Kier molecular flexibility index (Phi) is 10.6. The van der Waals surface area contributed by atoms with Crippen LogP contribution in [0.3, 0.4) is 0 Å². The summed E-state index contributed by atoms with van der Waals surface area (Å²) >= 11 is 12.1. The van der Waals surface area contributed by atoms with Crippen LogP contribution < -0.4 is 14.8 Å². The Balaban J connectivity index is 1.32. The number of halogens is 2. The number of rotatable bonds is 12. The molecule has 0 saturated carbocycles. The van der Waals surface area contributed by atoms with E-state index in [1.807, 2.05) is 24.3 Å². The van der Waals surface area contributed by atoms with Crippen LogP contribution in [0.15, 0.2) is 42.5 Å². The molecular weight excluding hydrogens is 463 g/mol. The molecule has 2 aromatic rings. The minimum absolute atomic E-state index is 0.0276. The van der Waals surface area contributed by atoms with Crippen LogP contribution in [0.5, 0.6) is 11.5 Å². The van der Waals surface area contributed by atoms with Gasteiger partial charge in [0.25, 0.3) is 0 Å². The molecule has 1 saturated heterocycles. The van der Waals surface area contributed by atoms with Crippen molar-refractivity contribution >= 4 is 29.1 Å². The maximum atomic E-state index is 12.2. The van der Waals surface area contributed by atoms with Crippen molar-refractivity contribution in [3.63, 3.8) is 0 Å². The van der Waals surface area contributed by atoms with Crippen molar-refractivity contribution < 1.29 is 19.0 Å². The van der Waals surface area contributed by atoms with E-state index >= 15 is 0 Å². The summed E-state index contributed by atoms with van der Waals surface area (Å²) in [6, 6.07) is 13.6. The lowest BCUT2D eigenvalue weighted by atomic mass is 10.1. The van der Waals surface area contributed by atoms with E-state index in [-0.39, 0.29) is 5.91 Å². The standard InChI is InChI=1S/C25H32Cl2N2O4/c1-29(20-10-14-31-15-11-20)12-16-32-21-6-2-5-19(17-21)18-28-24(30)9-4-13-33-23-8-3-7-22(26)25(23)27/h2-3,5-8,17,20H,4,9-16,18H2,1H3,(H,28,30). The summed E-state index contributed by atoms with van der Waals surface area (Å²) in [6.07, 6.45) is 3.10. The van der Waals surface area contributed by atoms with E-state index in [1.165, 1.54) is 0 Å². The van der Waals surface area contributed by atoms with E-state index < -0.39 is 0 Å². The van der Waals surface area contributed by atoms with Gasteiger partial charge in [-0.25, -0.2) is 0 Å². The fraction of sp³-hybridized carbons (Fsp3) is 0.480. The summed E-state index contributed by atoms with van der Waals surface area (Å²) in [4.78, 5) is 14.5. The zero-order chi connectivity index (χ0) is 23.5. The van der Waals surface area contributed by atoms with Gasteiger partial charge in [0.1, 0.15) is 23.1 Å². The molecule has 1 aliphatic rings. The number of likely N-dealkylation sites (N-methyl/N-ethyl adjacent to an activating group) is 1. The second-order valence-electron chi connectivity index (χ2n) is 8.10. The average molecular weight is 495 g/mol. The Morgan fingerprint density at radius 1 is 1.12 bits per heavy atom. The maximum absolute atomic E-state index is 12.2. The third-order valence-electron chi connectivity index (χ3n) is 5.64. The first-order valence-electron chi connectivity index (χ1n) is 11.4. The van der Waals surface area contributed by atoms with Crippen molar-refractivity contribution in [2.45, 2.75) is 38.3 Å². The Morgan fingerprint density at radius 2 is 1.91 bits per heavy atom. The second kappa shape index (κ2) is 13.7. The van der Waals surface area contributed by atoms with E-state index in [1.54, 1.807) is 18.2 Å². The molecule has 0 unspecified atom stereocenters. The van der Waals surface area contributed by atoms with Crippen LogP contribution >= 0.6 is 23.2 Å². The van der Waals surface area contributed by atoms with Crippen molar-refractivity contribution in [2.24, 2.45) is 0 Å². The highest BCUT2D eigenvalue weighted by molar-refractivity contribution is 6.42. The van der Waals surface area contributed by atoms with Gasteiger partial charge in [-0.15, -0.1) is 0 Å². The van der Waals surface area contributed by atoms with Crippen LogP contribution in [0.25, 0.3) is 0 Å². The molecule has 1 amide bonds. The van der Waals surface area contributed by atoms with Crippen LogP contribution in [-0.4, -0.2) is 56.9 Å². The molecule has 0 spiro atoms. The fourth-order valence-electron chi connectivity index (χ4n) is 3.66.